The number of nitrogens with zero attached hydrogens (tertiary/aromatic N) is 2. The van der Waals surface area contributed by atoms with Crippen LogP contribution in [0.3, 0.4) is 0 Å². The summed E-state index contributed by atoms with van der Waals surface area (Å²) in [5, 5.41) is 2.62. The number of piperidine rings is 1. The predicted octanol–water partition coefficient (Wildman–Crippen LogP) is 2.09. The van der Waals surface area contributed by atoms with E-state index in [-0.39, 0.29) is 24.3 Å². The highest BCUT2D eigenvalue weighted by Crippen LogP contribution is 2.23. The molecule has 1 aromatic rings. The summed E-state index contributed by atoms with van der Waals surface area (Å²) >= 11 is 0. The maximum atomic E-state index is 12.6. The van der Waals surface area contributed by atoms with Gasteiger partial charge in [0.2, 0.25) is 5.91 Å². The van der Waals surface area contributed by atoms with E-state index >= 15 is 0 Å². The van der Waals surface area contributed by atoms with Crippen molar-refractivity contribution in [3.63, 3.8) is 0 Å². The van der Waals surface area contributed by atoms with Crippen molar-refractivity contribution in [1.82, 2.24) is 15.1 Å². The third-order valence-corrected chi connectivity index (χ3v) is 5.11. The van der Waals surface area contributed by atoms with E-state index < -0.39 is 12.1 Å². The number of hydrogen-bond acceptors (Lipinski definition) is 4. The maximum absolute atomic E-state index is 12.6. The first-order valence-corrected chi connectivity index (χ1v) is 9.61. The van der Waals surface area contributed by atoms with Crippen LogP contribution in [0.25, 0.3) is 0 Å². The molecule has 1 N–H and O–H groups in total. The molecule has 0 bridgehead atoms. The topological polar surface area (TPSA) is 79.0 Å². The highest BCUT2D eigenvalue weighted by molar-refractivity contribution is 6.05. The Morgan fingerprint density at radius 2 is 1.93 bits per heavy atom. The quantitative estimate of drug-likeness (QED) is 0.775. The van der Waals surface area contributed by atoms with Gasteiger partial charge in [0.1, 0.15) is 17.9 Å². The Hall–Kier alpha value is -2.57. The van der Waals surface area contributed by atoms with Crippen molar-refractivity contribution in [2.45, 2.75) is 51.7 Å². The average molecular weight is 373 g/mol. The lowest BCUT2D eigenvalue weighted by molar-refractivity contribution is -0.137. The first kappa shape index (κ1) is 19.2. The van der Waals surface area contributed by atoms with Crippen LogP contribution in [-0.2, 0) is 9.59 Å². The van der Waals surface area contributed by atoms with Crippen molar-refractivity contribution in [2.24, 2.45) is 0 Å². The average Bonchev–Trinajstić information content (AvgIpc) is 2.92. The van der Waals surface area contributed by atoms with Crippen molar-refractivity contribution >= 4 is 17.8 Å². The number of carbonyl (C=O) groups excluding carboxylic acids is 3. The zero-order chi connectivity index (χ0) is 19.4. The fraction of sp³-hybridized carbons (Fsp3) is 0.550. The second-order valence-corrected chi connectivity index (χ2v) is 7.16. The standard InChI is InChI=1S/C20H27N3O4/c1-3-10-23-19(25)16(21-20(23)26)13-18(24)22-11-8-15(9-12-22)27-17-7-5-4-6-14(17)2/h4-7,15-16H,3,8-13H2,1-2H3,(H,21,26). The highest BCUT2D eigenvalue weighted by Gasteiger charge is 2.39. The van der Waals surface area contributed by atoms with Gasteiger partial charge in [-0.2, -0.15) is 0 Å². The molecule has 27 heavy (non-hydrogen) atoms. The van der Waals surface area contributed by atoms with Gasteiger partial charge >= 0.3 is 6.03 Å². The van der Waals surface area contributed by atoms with Gasteiger partial charge in [0.15, 0.2) is 0 Å². The molecule has 2 saturated heterocycles. The van der Waals surface area contributed by atoms with Crippen molar-refractivity contribution in [1.29, 1.82) is 0 Å². The first-order valence-electron chi connectivity index (χ1n) is 9.61. The third kappa shape index (κ3) is 4.40. The summed E-state index contributed by atoms with van der Waals surface area (Å²) in [6.45, 7) is 5.51. The van der Waals surface area contributed by atoms with E-state index in [1.165, 1.54) is 4.90 Å². The molecule has 146 valence electrons. The number of carbonyl (C=O) groups is 3. The lowest BCUT2D eigenvalue weighted by Crippen LogP contribution is -2.44. The molecular weight excluding hydrogens is 346 g/mol. The molecule has 0 spiro atoms. The van der Waals surface area contributed by atoms with E-state index in [9.17, 15) is 14.4 Å². The summed E-state index contributed by atoms with van der Waals surface area (Å²) in [4.78, 5) is 39.6. The number of nitrogens with one attached hydrogen (secondary N) is 1. The summed E-state index contributed by atoms with van der Waals surface area (Å²) < 4.78 is 6.06. The molecule has 7 nitrogen and oxygen atoms in total. The van der Waals surface area contributed by atoms with Gasteiger partial charge in [0, 0.05) is 32.5 Å². The summed E-state index contributed by atoms with van der Waals surface area (Å²) in [5.74, 6) is 0.492. The van der Waals surface area contributed by atoms with Gasteiger partial charge in [-0.25, -0.2) is 4.79 Å². The van der Waals surface area contributed by atoms with Gasteiger partial charge in [0.05, 0.1) is 6.42 Å². The lowest BCUT2D eigenvalue weighted by atomic mass is 10.1. The fourth-order valence-corrected chi connectivity index (χ4v) is 3.55. The van der Waals surface area contributed by atoms with E-state index in [0.717, 1.165) is 24.2 Å². The van der Waals surface area contributed by atoms with Crippen molar-refractivity contribution < 1.29 is 19.1 Å². The second kappa shape index (κ2) is 8.41. The Labute approximate surface area is 159 Å². The SMILES string of the molecule is CCCN1C(=O)NC(CC(=O)N2CCC(Oc3ccccc3C)CC2)C1=O. The highest BCUT2D eigenvalue weighted by atomic mass is 16.5. The van der Waals surface area contributed by atoms with Crippen LogP contribution >= 0.6 is 0 Å². The van der Waals surface area contributed by atoms with E-state index in [1.807, 2.05) is 38.1 Å². The van der Waals surface area contributed by atoms with Crippen LogP contribution in [0, 0.1) is 6.92 Å². The van der Waals surface area contributed by atoms with E-state index in [1.54, 1.807) is 4.90 Å². The molecule has 2 fully saturated rings. The molecule has 1 aromatic carbocycles. The van der Waals surface area contributed by atoms with Crippen LogP contribution in [0.1, 0.15) is 38.2 Å². The van der Waals surface area contributed by atoms with Gasteiger partial charge in [-0.1, -0.05) is 25.1 Å². The Balaban J connectivity index is 1.48. The molecule has 4 amide bonds. The molecule has 2 aliphatic heterocycles. The van der Waals surface area contributed by atoms with Crippen LogP contribution < -0.4 is 10.1 Å². The van der Waals surface area contributed by atoms with Gasteiger partial charge in [-0.3, -0.25) is 14.5 Å². The maximum Gasteiger partial charge on any atom is 0.324 e. The Bertz CT molecular complexity index is 713. The number of rotatable bonds is 6. The number of urea groups is 1. The monoisotopic (exact) mass is 373 g/mol. The van der Waals surface area contributed by atoms with Crippen LogP contribution in [0.2, 0.25) is 0 Å². The first-order chi connectivity index (χ1) is 13.0. The van der Waals surface area contributed by atoms with Gasteiger partial charge in [0.25, 0.3) is 5.91 Å². The summed E-state index contributed by atoms with van der Waals surface area (Å²) in [7, 11) is 0. The van der Waals surface area contributed by atoms with Crippen LogP contribution in [0.4, 0.5) is 4.79 Å². The molecule has 2 heterocycles. The number of imide groups is 1. The second-order valence-electron chi connectivity index (χ2n) is 7.16. The molecule has 1 atom stereocenters. The van der Waals surface area contributed by atoms with Gasteiger partial charge in [-0.15, -0.1) is 0 Å². The molecule has 1 unspecified atom stereocenters. The predicted molar refractivity (Wildman–Crippen MR) is 100 cm³/mol. The molecule has 7 heteroatoms. The number of amides is 4. The minimum Gasteiger partial charge on any atom is -0.490 e. The van der Waals surface area contributed by atoms with Crippen LogP contribution in [-0.4, -0.2) is 59.4 Å². The Morgan fingerprint density at radius 1 is 1.22 bits per heavy atom. The van der Waals surface area contributed by atoms with Crippen LogP contribution in [0.5, 0.6) is 5.75 Å². The summed E-state index contributed by atoms with van der Waals surface area (Å²) in [5.41, 5.74) is 1.10. The third-order valence-electron chi connectivity index (χ3n) is 5.11. The summed E-state index contributed by atoms with van der Waals surface area (Å²) in [6.07, 6.45) is 2.32. The van der Waals surface area contributed by atoms with Crippen LogP contribution in [0.15, 0.2) is 24.3 Å². The number of aryl methyl sites for hydroxylation is 1. The minimum absolute atomic E-state index is 0.0219. The number of ether oxygens (including phenoxy) is 1. The number of benzene rings is 1. The van der Waals surface area contributed by atoms with Crippen molar-refractivity contribution in [3.05, 3.63) is 29.8 Å². The molecule has 0 aromatic heterocycles. The normalized spacial score (nSPS) is 20.7. The molecule has 0 radical (unpaired) electrons. The smallest absolute Gasteiger partial charge is 0.324 e. The minimum atomic E-state index is -0.738. The molecule has 2 aliphatic rings. The zero-order valence-corrected chi connectivity index (χ0v) is 15.9. The van der Waals surface area contributed by atoms with Gasteiger partial charge < -0.3 is 15.0 Å². The Kier molecular flexibility index (Phi) is 5.98. The molecular formula is C20H27N3O4. The molecule has 3 rings (SSSR count). The number of para-hydroxylation sites is 1. The molecule has 0 saturated carbocycles. The van der Waals surface area contributed by atoms with E-state index in [4.69, 9.17) is 4.74 Å². The fourth-order valence-electron chi connectivity index (χ4n) is 3.55. The van der Waals surface area contributed by atoms with E-state index in [2.05, 4.69) is 5.32 Å². The molecule has 0 aliphatic carbocycles. The lowest BCUT2D eigenvalue weighted by Gasteiger charge is -2.33. The zero-order valence-electron chi connectivity index (χ0n) is 15.9. The van der Waals surface area contributed by atoms with Gasteiger partial charge in [-0.05, 0) is 25.0 Å². The number of hydrogen-bond donors (Lipinski definition) is 1. The van der Waals surface area contributed by atoms with E-state index in [0.29, 0.717) is 26.1 Å². The number of likely N-dealkylation sites (tertiary alicyclic amines) is 1. The summed E-state index contributed by atoms with van der Waals surface area (Å²) in [6, 6.07) is 6.78. The van der Waals surface area contributed by atoms with Crippen molar-refractivity contribution in [2.75, 3.05) is 19.6 Å². The van der Waals surface area contributed by atoms with Crippen molar-refractivity contribution in [3.8, 4) is 5.75 Å². The Morgan fingerprint density at radius 3 is 2.59 bits per heavy atom. The largest absolute Gasteiger partial charge is 0.490 e.